The van der Waals surface area contributed by atoms with Gasteiger partial charge < -0.3 is 79.5 Å². The molecule has 15 unspecified atom stereocenters. The van der Waals surface area contributed by atoms with Crippen molar-refractivity contribution in [1.29, 1.82) is 0 Å². The van der Waals surface area contributed by atoms with Gasteiger partial charge in [0, 0.05) is 7.11 Å². The molecule has 210 valence electrons. The first-order chi connectivity index (χ1) is 16.9. The van der Waals surface area contributed by atoms with Crippen LogP contribution in [-0.4, -0.2) is 169 Å². The molecule has 10 N–H and O–H groups in total. The fraction of sp³-hybridized carbons (Fsp3) is 0.947. The number of rotatable bonds is 8. The number of methoxy groups -OCH3 is 1. The van der Waals surface area contributed by atoms with E-state index in [-0.39, 0.29) is 0 Å². The Labute approximate surface area is 203 Å². The number of carboxylic acids is 1. The van der Waals surface area contributed by atoms with Crippen LogP contribution < -0.4 is 0 Å². The molecule has 0 amide bonds. The Kier molecular flexibility index (Phi) is 9.94. The van der Waals surface area contributed by atoms with Crippen molar-refractivity contribution in [3.05, 3.63) is 0 Å². The maximum Gasteiger partial charge on any atom is 0.335 e. The smallest absolute Gasteiger partial charge is 0.335 e. The molecule has 0 aromatic carbocycles. The number of aliphatic hydroxyl groups excluding tert-OH is 9. The normalized spacial score (nSPS) is 50.1. The van der Waals surface area contributed by atoms with Crippen LogP contribution in [-0.2, 0) is 33.2 Å². The molecule has 3 rings (SSSR count). The molecule has 3 aliphatic rings. The lowest BCUT2D eigenvalue weighted by Gasteiger charge is -2.43. The first-order valence-corrected chi connectivity index (χ1v) is 11.0. The van der Waals surface area contributed by atoms with Gasteiger partial charge in [-0.2, -0.15) is 0 Å². The minimum atomic E-state index is -1.84. The molecule has 3 aliphatic heterocycles. The number of carbonyl (C=O) groups is 1. The van der Waals surface area contributed by atoms with E-state index in [1.807, 2.05) is 0 Å². The molecule has 0 aromatic heterocycles. The van der Waals surface area contributed by atoms with E-state index in [0.29, 0.717) is 0 Å². The molecule has 17 heteroatoms. The van der Waals surface area contributed by atoms with Crippen LogP contribution in [0.5, 0.6) is 0 Å². The largest absolute Gasteiger partial charge is 0.479 e. The molecule has 3 saturated heterocycles. The molecule has 36 heavy (non-hydrogen) atoms. The Balaban J connectivity index is 1.61. The van der Waals surface area contributed by atoms with Gasteiger partial charge >= 0.3 is 5.97 Å². The van der Waals surface area contributed by atoms with E-state index < -0.39 is 111 Å². The summed E-state index contributed by atoms with van der Waals surface area (Å²) in [5, 5.41) is 99.1. The maximum atomic E-state index is 11.4. The molecule has 0 aromatic rings. The number of aliphatic carboxylic acids is 1. The van der Waals surface area contributed by atoms with Crippen molar-refractivity contribution in [3.63, 3.8) is 0 Å². The van der Waals surface area contributed by atoms with Gasteiger partial charge in [0.05, 0.1) is 13.2 Å². The van der Waals surface area contributed by atoms with Crippen LogP contribution in [0.2, 0.25) is 0 Å². The Bertz CT molecular complexity index is 726. The first-order valence-electron chi connectivity index (χ1n) is 11.0. The molecular formula is C19H32O17. The third-order valence-electron chi connectivity index (χ3n) is 6.27. The summed E-state index contributed by atoms with van der Waals surface area (Å²) in [7, 11) is 1.11. The van der Waals surface area contributed by atoms with Crippen LogP contribution in [0.1, 0.15) is 0 Å². The van der Waals surface area contributed by atoms with Gasteiger partial charge in [-0.05, 0) is 0 Å². The molecule has 15 atom stereocenters. The second kappa shape index (κ2) is 12.2. The summed E-state index contributed by atoms with van der Waals surface area (Å²) in [6, 6.07) is 0. The minimum Gasteiger partial charge on any atom is -0.479 e. The van der Waals surface area contributed by atoms with Crippen LogP contribution >= 0.6 is 0 Å². The van der Waals surface area contributed by atoms with Gasteiger partial charge in [0.2, 0.25) is 0 Å². The second-order valence-electron chi connectivity index (χ2n) is 8.66. The molecule has 0 aliphatic carbocycles. The summed E-state index contributed by atoms with van der Waals surface area (Å²) >= 11 is 0. The highest BCUT2D eigenvalue weighted by Gasteiger charge is 2.50. The minimum absolute atomic E-state index is 0.602. The molecule has 3 heterocycles. The highest BCUT2D eigenvalue weighted by atomic mass is 16.7. The highest BCUT2D eigenvalue weighted by molar-refractivity contribution is 5.73. The van der Waals surface area contributed by atoms with E-state index in [1.54, 1.807) is 0 Å². The summed E-state index contributed by atoms with van der Waals surface area (Å²) in [6.07, 6.45) is -25.2. The standard InChI is InChI=1S/C19H32O17/c1-31-14-10(24)13(27)19(36-15(14)16(28)29)33-3-5-7(21)9(23)12(26)18(35-5)32-2-4-6(20)8(22)11(25)17(30)34-4/h4-15,17-27,30H,2-3H2,1H3,(H,28,29). The zero-order valence-electron chi connectivity index (χ0n) is 18.9. The van der Waals surface area contributed by atoms with Gasteiger partial charge in [-0.25, -0.2) is 4.79 Å². The predicted octanol–water partition coefficient (Wildman–Crippen LogP) is -6.83. The quantitative estimate of drug-likeness (QED) is 0.139. The van der Waals surface area contributed by atoms with Crippen molar-refractivity contribution >= 4 is 5.97 Å². The van der Waals surface area contributed by atoms with Crippen molar-refractivity contribution in [2.45, 2.75) is 92.1 Å². The maximum absolute atomic E-state index is 11.4. The second-order valence-corrected chi connectivity index (χ2v) is 8.66. The first kappa shape index (κ1) is 29.4. The Morgan fingerprint density at radius 2 is 1.11 bits per heavy atom. The number of carboxylic acid groups (broad SMARTS) is 1. The molecule has 0 radical (unpaired) electrons. The van der Waals surface area contributed by atoms with Gasteiger partial charge in [0.1, 0.15) is 67.1 Å². The van der Waals surface area contributed by atoms with E-state index in [4.69, 9.17) is 28.4 Å². The topological polar surface area (TPSA) is 275 Å². The van der Waals surface area contributed by atoms with Gasteiger partial charge in [-0.1, -0.05) is 0 Å². The number of hydrogen-bond donors (Lipinski definition) is 10. The lowest BCUT2D eigenvalue weighted by molar-refractivity contribution is -0.338. The summed E-state index contributed by atoms with van der Waals surface area (Å²) in [4.78, 5) is 11.4. The molecule has 0 bridgehead atoms. The average Bonchev–Trinajstić information content (AvgIpc) is 2.84. The van der Waals surface area contributed by atoms with Gasteiger partial charge in [-0.15, -0.1) is 0 Å². The van der Waals surface area contributed by atoms with Crippen LogP contribution in [0, 0.1) is 0 Å². The number of aliphatic hydroxyl groups is 9. The third kappa shape index (κ3) is 5.96. The van der Waals surface area contributed by atoms with Crippen LogP contribution in [0.15, 0.2) is 0 Å². The Hall–Kier alpha value is -1.13. The molecular weight excluding hydrogens is 500 g/mol. The van der Waals surface area contributed by atoms with Gasteiger partial charge in [0.15, 0.2) is 25.0 Å². The summed E-state index contributed by atoms with van der Waals surface area (Å²) < 4.78 is 30.9. The van der Waals surface area contributed by atoms with Crippen molar-refractivity contribution in [2.24, 2.45) is 0 Å². The summed E-state index contributed by atoms with van der Waals surface area (Å²) in [6.45, 7) is -1.25. The summed E-state index contributed by atoms with van der Waals surface area (Å²) in [5.74, 6) is -1.50. The lowest BCUT2D eigenvalue weighted by atomic mass is 9.98. The van der Waals surface area contributed by atoms with E-state index >= 15 is 0 Å². The van der Waals surface area contributed by atoms with E-state index in [9.17, 15) is 55.9 Å². The Morgan fingerprint density at radius 3 is 1.64 bits per heavy atom. The van der Waals surface area contributed by atoms with Crippen molar-refractivity contribution in [3.8, 4) is 0 Å². The van der Waals surface area contributed by atoms with Crippen LogP contribution in [0.25, 0.3) is 0 Å². The van der Waals surface area contributed by atoms with Crippen LogP contribution in [0.4, 0.5) is 0 Å². The molecule has 3 fully saturated rings. The molecule has 0 saturated carbocycles. The fourth-order valence-electron chi connectivity index (χ4n) is 4.08. The number of ether oxygens (including phenoxy) is 6. The van der Waals surface area contributed by atoms with Crippen molar-refractivity contribution in [1.82, 2.24) is 0 Å². The lowest BCUT2D eigenvalue weighted by Crippen LogP contribution is -2.63. The van der Waals surface area contributed by atoms with Gasteiger partial charge in [-0.3, -0.25) is 0 Å². The Morgan fingerprint density at radius 1 is 0.639 bits per heavy atom. The average molecular weight is 532 g/mol. The molecule has 17 nitrogen and oxygen atoms in total. The van der Waals surface area contributed by atoms with Crippen LogP contribution in [0.3, 0.4) is 0 Å². The zero-order valence-corrected chi connectivity index (χ0v) is 18.9. The number of hydrogen-bond acceptors (Lipinski definition) is 16. The summed E-state index contributed by atoms with van der Waals surface area (Å²) in [5.41, 5.74) is 0. The van der Waals surface area contributed by atoms with Crippen molar-refractivity contribution in [2.75, 3.05) is 20.3 Å². The van der Waals surface area contributed by atoms with Crippen molar-refractivity contribution < 1.29 is 84.3 Å². The highest BCUT2D eigenvalue weighted by Crippen LogP contribution is 2.28. The molecule has 0 spiro atoms. The SMILES string of the molecule is COC1C(C(=O)O)OC(OCC2OC(OCC3OC(O)C(O)C(O)C3O)C(O)C(O)C2O)C(O)C1O. The van der Waals surface area contributed by atoms with E-state index in [1.165, 1.54) is 0 Å². The van der Waals surface area contributed by atoms with E-state index in [2.05, 4.69) is 0 Å². The predicted molar refractivity (Wildman–Crippen MR) is 107 cm³/mol. The zero-order chi connectivity index (χ0) is 26.9. The fourth-order valence-corrected chi connectivity index (χ4v) is 4.08. The van der Waals surface area contributed by atoms with Gasteiger partial charge in [0.25, 0.3) is 0 Å². The monoisotopic (exact) mass is 532 g/mol. The third-order valence-corrected chi connectivity index (χ3v) is 6.27. The van der Waals surface area contributed by atoms with E-state index in [0.717, 1.165) is 7.11 Å².